The minimum absolute atomic E-state index is 0. The quantitative estimate of drug-likeness (QED) is 0.338. The van der Waals surface area contributed by atoms with Crippen molar-refractivity contribution in [3.8, 4) is 0 Å². The molecule has 27 heavy (non-hydrogen) atoms. The molecular formula is C20H29FIN5. The molecule has 5 nitrogen and oxygen atoms in total. The molecule has 1 aromatic heterocycles. The zero-order valence-electron chi connectivity index (χ0n) is 16.2. The number of hydrogen-bond acceptors (Lipinski definition) is 3. The molecule has 2 aromatic rings. The Balaban J connectivity index is 0.00000364. The van der Waals surface area contributed by atoms with Crippen LogP contribution < -0.4 is 15.5 Å². The average molecular weight is 485 g/mol. The Kier molecular flexibility index (Phi) is 10.7. The molecule has 0 spiro atoms. The zero-order chi connectivity index (χ0) is 18.8. The molecule has 0 atom stereocenters. The van der Waals surface area contributed by atoms with Crippen molar-refractivity contribution in [1.29, 1.82) is 0 Å². The smallest absolute Gasteiger partial charge is 0.191 e. The highest BCUT2D eigenvalue weighted by atomic mass is 127. The monoisotopic (exact) mass is 485 g/mol. The highest BCUT2D eigenvalue weighted by molar-refractivity contribution is 14.0. The summed E-state index contributed by atoms with van der Waals surface area (Å²) in [5.74, 6) is 0.485. The van der Waals surface area contributed by atoms with Crippen LogP contribution in [0.2, 0.25) is 0 Å². The van der Waals surface area contributed by atoms with Gasteiger partial charge in [-0.25, -0.2) is 9.38 Å². The van der Waals surface area contributed by atoms with Gasteiger partial charge in [-0.1, -0.05) is 12.1 Å². The molecule has 0 radical (unpaired) electrons. The van der Waals surface area contributed by atoms with Crippen LogP contribution >= 0.6 is 24.0 Å². The van der Waals surface area contributed by atoms with Gasteiger partial charge in [-0.15, -0.1) is 24.0 Å². The van der Waals surface area contributed by atoms with Gasteiger partial charge in [0.2, 0.25) is 0 Å². The number of nitrogens with one attached hydrogen (secondary N) is 2. The van der Waals surface area contributed by atoms with Gasteiger partial charge in [0.25, 0.3) is 0 Å². The third kappa shape index (κ3) is 7.32. The minimum atomic E-state index is -0.201. The van der Waals surface area contributed by atoms with Crippen molar-refractivity contribution in [2.45, 2.75) is 33.9 Å². The van der Waals surface area contributed by atoms with Crippen molar-refractivity contribution in [3.63, 3.8) is 0 Å². The largest absolute Gasteiger partial charge is 0.370 e. The number of hydrogen-bond donors (Lipinski definition) is 2. The standard InChI is InChI=1S/C20H28FN5.HI/c1-4-22-20(25-15-17-9-7-8-12-23-17)24-14-16-10-11-19(18(21)13-16)26(5-2)6-3;/h7-13H,4-6,14-15H2,1-3H3,(H2,22,24,25);1H. The molecule has 7 heteroatoms. The van der Waals surface area contributed by atoms with E-state index in [1.165, 1.54) is 0 Å². The van der Waals surface area contributed by atoms with Crippen molar-refractivity contribution >= 4 is 35.6 Å². The highest BCUT2D eigenvalue weighted by Gasteiger charge is 2.09. The van der Waals surface area contributed by atoms with E-state index in [0.29, 0.717) is 24.7 Å². The fourth-order valence-electron chi connectivity index (χ4n) is 2.66. The summed E-state index contributed by atoms with van der Waals surface area (Å²) in [4.78, 5) is 10.8. The number of aromatic nitrogens is 1. The lowest BCUT2D eigenvalue weighted by Gasteiger charge is -2.21. The molecule has 1 heterocycles. The summed E-state index contributed by atoms with van der Waals surface area (Å²) in [6.07, 6.45) is 1.77. The molecule has 0 aliphatic carbocycles. The van der Waals surface area contributed by atoms with Gasteiger partial charge < -0.3 is 15.5 Å². The molecule has 0 aliphatic rings. The van der Waals surface area contributed by atoms with E-state index in [0.717, 1.165) is 30.9 Å². The lowest BCUT2D eigenvalue weighted by Crippen LogP contribution is -2.37. The first kappa shape index (κ1) is 23.1. The van der Waals surface area contributed by atoms with Crippen molar-refractivity contribution in [2.75, 3.05) is 24.5 Å². The second kappa shape index (κ2) is 12.5. The third-order valence-electron chi connectivity index (χ3n) is 4.04. The predicted molar refractivity (Wildman–Crippen MR) is 121 cm³/mol. The summed E-state index contributed by atoms with van der Waals surface area (Å²) in [5.41, 5.74) is 2.42. The first-order chi connectivity index (χ1) is 12.7. The van der Waals surface area contributed by atoms with Gasteiger partial charge in [0, 0.05) is 25.8 Å². The average Bonchev–Trinajstić information content (AvgIpc) is 2.67. The molecular weight excluding hydrogens is 456 g/mol. The highest BCUT2D eigenvalue weighted by Crippen LogP contribution is 2.20. The number of nitrogens with zero attached hydrogens (tertiary/aromatic N) is 3. The van der Waals surface area contributed by atoms with E-state index in [-0.39, 0.29) is 29.8 Å². The topological polar surface area (TPSA) is 52.6 Å². The van der Waals surface area contributed by atoms with Gasteiger partial charge in [0.15, 0.2) is 5.96 Å². The fraction of sp³-hybridized carbons (Fsp3) is 0.400. The molecule has 2 N–H and O–H groups in total. The maximum absolute atomic E-state index is 14.4. The zero-order valence-corrected chi connectivity index (χ0v) is 18.5. The number of aliphatic imine (C=N–C) groups is 1. The van der Waals surface area contributed by atoms with E-state index in [1.807, 2.05) is 56.0 Å². The van der Waals surface area contributed by atoms with Gasteiger partial charge in [0.05, 0.1) is 24.5 Å². The molecule has 0 saturated heterocycles. The number of guanidine groups is 1. The van der Waals surface area contributed by atoms with Crippen LogP contribution in [0.25, 0.3) is 0 Å². The van der Waals surface area contributed by atoms with Gasteiger partial charge >= 0.3 is 0 Å². The van der Waals surface area contributed by atoms with E-state index in [1.54, 1.807) is 12.3 Å². The van der Waals surface area contributed by atoms with E-state index in [2.05, 4.69) is 20.6 Å². The summed E-state index contributed by atoms with van der Waals surface area (Å²) >= 11 is 0. The van der Waals surface area contributed by atoms with Gasteiger partial charge in [-0.2, -0.15) is 0 Å². The van der Waals surface area contributed by atoms with Gasteiger partial charge in [-0.3, -0.25) is 4.98 Å². The van der Waals surface area contributed by atoms with Crippen LogP contribution in [0.15, 0.2) is 47.6 Å². The molecule has 0 unspecified atom stereocenters. The first-order valence-electron chi connectivity index (χ1n) is 9.13. The molecule has 0 aliphatic heterocycles. The van der Waals surface area contributed by atoms with Crippen molar-refractivity contribution < 1.29 is 4.39 Å². The minimum Gasteiger partial charge on any atom is -0.370 e. The van der Waals surface area contributed by atoms with Crippen molar-refractivity contribution in [1.82, 2.24) is 15.6 Å². The van der Waals surface area contributed by atoms with Crippen LogP contribution in [0.3, 0.4) is 0 Å². The summed E-state index contributed by atoms with van der Waals surface area (Å²) in [6, 6.07) is 11.1. The van der Waals surface area contributed by atoms with Crippen LogP contribution in [0.5, 0.6) is 0 Å². The van der Waals surface area contributed by atoms with E-state index >= 15 is 0 Å². The predicted octanol–water partition coefficient (Wildman–Crippen LogP) is 3.94. The molecule has 1 aromatic carbocycles. The van der Waals surface area contributed by atoms with Crippen LogP contribution in [-0.4, -0.2) is 30.6 Å². The molecule has 2 rings (SSSR count). The van der Waals surface area contributed by atoms with Gasteiger partial charge in [-0.05, 0) is 50.6 Å². The van der Waals surface area contributed by atoms with E-state index in [9.17, 15) is 4.39 Å². The lowest BCUT2D eigenvalue weighted by molar-refractivity contribution is 0.617. The number of rotatable bonds is 8. The van der Waals surface area contributed by atoms with Crippen LogP contribution in [0.4, 0.5) is 10.1 Å². The summed E-state index contributed by atoms with van der Waals surface area (Å²) < 4.78 is 14.4. The number of benzene rings is 1. The Morgan fingerprint density at radius 3 is 2.48 bits per heavy atom. The molecule has 0 fully saturated rings. The van der Waals surface area contributed by atoms with Gasteiger partial charge in [0.1, 0.15) is 5.82 Å². The van der Waals surface area contributed by atoms with Crippen molar-refractivity contribution in [2.24, 2.45) is 4.99 Å². The number of pyridine rings is 1. The summed E-state index contributed by atoms with van der Waals surface area (Å²) in [5, 5.41) is 6.44. The Labute approximate surface area is 178 Å². The van der Waals surface area contributed by atoms with E-state index < -0.39 is 0 Å². The number of halogens is 2. The Hall–Kier alpha value is -1.90. The Morgan fingerprint density at radius 2 is 1.89 bits per heavy atom. The molecule has 0 bridgehead atoms. The summed E-state index contributed by atoms with van der Waals surface area (Å²) in [7, 11) is 0. The second-order valence-corrected chi connectivity index (χ2v) is 5.83. The normalized spacial score (nSPS) is 10.9. The Bertz CT molecular complexity index is 705. The van der Waals surface area contributed by atoms with Crippen LogP contribution in [0.1, 0.15) is 32.0 Å². The second-order valence-electron chi connectivity index (χ2n) is 5.83. The molecule has 148 valence electrons. The van der Waals surface area contributed by atoms with Crippen LogP contribution in [0, 0.1) is 5.82 Å². The maximum atomic E-state index is 14.4. The lowest BCUT2D eigenvalue weighted by atomic mass is 10.2. The third-order valence-corrected chi connectivity index (χ3v) is 4.04. The molecule has 0 amide bonds. The first-order valence-corrected chi connectivity index (χ1v) is 9.13. The Morgan fingerprint density at radius 1 is 1.11 bits per heavy atom. The fourth-order valence-corrected chi connectivity index (χ4v) is 2.66. The number of anilines is 1. The van der Waals surface area contributed by atoms with Crippen molar-refractivity contribution in [3.05, 3.63) is 59.7 Å². The molecule has 0 saturated carbocycles. The summed E-state index contributed by atoms with van der Waals surface area (Å²) in [6.45, 7) is 9.38. The maximum Gasteiger partial charge on any atom is 0.191 e. The van der Waals surface area contributed by atoms with Crippen LogP contribution in [-0.2, 0) is 13.1 Å². The SMILES string of the molecule is CCNC(=NCc1ccc(N(CC)CC)c(F)c1)NCc1ccccn1.I. The van der Waals surface area contributed by atoms with E-state index in [4.69, 9.17) is 0 Å².